The van der Waals surface area contributed by atoms with E-state index in [1.165, 1.54) is 26.8 Å². The Morgan fingerprint density at radius 2 is 1.66 bits per heavy atom. The summed E-state index contributed by atoms with van der Waals surface area (Å²) in [4.78, 5) is 37.4. The van der Waals surface area contributed by atoms with Crippen LogP contribution in [0.2, 0.25) is 0 Å². The lowest BCUT2D eigenvalue weighted by Gasteiger charge is -2.24. The third-order valence-electron chi connectivity index (χ3n) is 10.5. The van der Waals surface area contributed by atoms with E-state index in [2.05, 4.69) is 97.9 Å². The van der Waals surface area contributed by atoms with Crippen LogP contribution in [0.25, 0.3) is 32.3 Å². The number of amides is 1. The van der Waals surface area contributed by atoms with Crippen LogP contribution >= 0.6 is 11.3 Å². The molecule has 0 radical (unpaired) electrons. The monoisotopic (exact) mass is 679 g/mol. The number of aliphatic hydroxyl groups is 1. The molecule has 50 heavy (non-hydrogen) atoms. The highest BCUT2D eigenvalue weighted by Crippen LogP contribution is 2.53. The van der Waals surface area contributed by atoms with E-state index in [0.29, 0.717) is 36.3 Å². The number of benzene rings is 4. The third-order valence-corrected chi connectivity index (χ3v) is 11.5. The fraction of sp³-hybridized carbons (Fsp3) is 0.279. The number of aromatic nitrogens is 2. The lowest BCUT2D eigenvalue weighted by atomic mass is 9.85. The van der Waals surface area contributed by atoms with E-state index in [-0.39, 0.29) is 22.9 Å². The predicted octanol–water partition coefficient (Wildman–Crippen LogP) is 8.70. The van der Waals surface area contributed by atoms with Crippen LogP contribution in [-0.4, -0.2) is 32.4 Å². The molecule has 1 atom stereocenters. The lowest BCUT2D eigenvalue weighted by Crippen LogP contribution is -2.36. The van der Waals surface area contributed by atoms with Crippen molar-refractivity contribution in [2.75, 3.05) is 6.54 Å². The van der Waals surface area contributed by atoms with Crippen molar-refractivity contribution in [1.82, 2.24) is 14.9 Å². The number of rotatable bonds is 6. The van der Waals surface area contributed by atoms with Gasteiger partial charge >= 0.3 is 0 Å². The number of thiophene rings is 1. The van der Waals surface area contributed by atoms with Gasteiger partial charge in [-0.3, -0.25) is 9.59 Å². The molecule has 1 aliphatic heterocycles. The Morgan fingerprint density at radius 1 is 0.920 bits per heavy atom. The molecule has 2 N–H and O–H groups in total. The van der Waals surface area contributed by atoms with Crippen LogP contribution in [0.4, 0.5) is 0 Å². The molecule has 7 heteroatoms. The van der Waals surface area contributed by atoms with Gasteiger partial charge in [0.1, 0.15) is 5.82 Å². The molecule has 1 amide bonds. The first-order valence-electron chi connectivity index (χ1n) is 17.5. The molecule has 6 nitrogen and oxygen atoms in total. The first kappa shape index (κ1) is 32.4. The minimum absolute atomic E-state index is 0.00378. The van der Waals surface area contributed by atoms with Gasteiger partial charge in [0.15, 0.2) is 6.10 Å². The van der Waals surface area contributed by atoms with Crippen molar-refractivity contribution < 1.29 is 9.90 Å². The maximum absolute atomic E-state index is 13.8. The van der Waals surface area contributed by atoms with E-state index < -0.39 is 12.0 Å². The standard InChI is InChI=1S/C43H41N3O3S/c1-42(2,3)31-14-7-11-28(23-31)27-10-6-13-30(22-27)38(47)40(49)46-21-9-17-36-34(25-46)39(48)45-41(44-36)43(19-20-43)32-15-8-12-29(24-32)35-26-50-37-18-5-4-16-33(35)37/h4-8,10-16,18,22-24,26,38,47H,9,17,19-21,25H2,1-3H3,(H,44,45,48)/t38-/m1/s1. The number of hydrogen-bond donors (Lipinski definition) is 2. The van der Waals surface area contributed by atoms with Gasteiger partial charge in [0.2, 0.25) is 0 Å². The van der Waals surface area contributed by atoms with Gasteiger partial charge in [0.25, 0.3) is 11.5 Å². The zero-order valence-electron chi connectivity index (χ0n) is 28.7. The summed E-state index contributed by atoms with van der Waals surface area (Å²) in [6.07, 6.45) is 1.76. The molecule has 1 aliphatic carbocycles. The van der Waals surface area contributed by atoms with Gasteiger partial charge in [-0.15, -0.1) is 11.3 Å². The highest BCUT2D eigenvalue weighted by atomic mass is 32.1. The fourth-order valence-corrected chi connectivity index (χ4v) is 8.35. The summed E-state index contributed by atoms with van der Waals surface area (Å²) >= 11 is 1.75. The minimum Gasteiger partial charge on any atom is -0.378 e. The smallest absolute Gasteiger partial charge is 0.256 e. The summed E-state index contributed by atoms with van der Waals surface area (Å²) in [6, 6.07) is 33.1. The number of fused-ring (bicyclic) bond motifs is 2. The molecule has 8 rings (SSSR count). The summed E-state index contributed by atoms with van der Waals surface area (Å²) in [6.45, 7) is 7.11. The number of nitrogens with one attached hydrogen (secondary N) is 1. The maximum atomic E-state index is 13.8. The molecular formula is C43H41N3O3S. The Morgan fingerprint density at radius 3 is 2.46 bits per heavy atom. The molecule has 4 aromatic carbocycles. The first-order chi connectivity index (χ1) is 24.1. The fourth-order valence-electron chi connectivity index (χ4n) is 7.38. The van der Waals surface area contributed by atoms with Gasteiger partial charge in [-0.25, -0.2) is 4.98 Å². The molecular weight excluding hydrogens is 639 g/mol. The molecule has 2 aliphatic rings. The Hall–Kier alpha value is -4.85. The van der Waals surface area contributed by atoms with Crippen molar-refractivity contribution in [3.05, 3.63) is 147 Å². The van der Waals surface area contributed by atoms with E-state index in [9.17, 15) is 14.7 Å². The number of carbonyl (C=O) groups is 1. The average Bonchev–Trinajstić information content (AvgIpc) is 3.88. The van der Waals surface area contributed by atoms with Crippen molar-refractivity contribution in [3.8, 4) is 22.3 Å². The Balaban J connectivity index is 1.04. The summed E-state index contributed by atoms with van der Waals surface area (Å²) < 4.78 is 1.27. The second-order valence-electron chi connectivity index (χ2n) is 14.9. The molecule has 3 heterocycles. The van der Waals surface area contributed by atoms with Crippen LogP contribution in [0.5, 0.6) is 0 Å². The summed E-state index contributed by atoms with van der Waals surface area (Å²) in [5.74, 6) is 0.305. The summed E-state index contributed by atoms with van der Waals surface area (Å²) in [7, 11) is 0. The Kier molecular flexibility index (Phi) is 8.08. The van der Waals surface area contributed by atoms with Gasteiger partial charge in [-0.1, -0.05) is 106 Å². The molecule has 0 spiro atoms. The van der Waals surface area contributed by atoms with Gasteiger partial charge in [0, 0.05) is 22.2 Å². The van der Waals surface area contributed by atoms with Gasteiger partial charge in [0.05, 0.1) is 23.2 Å². The highest BCUT2D eigenvalue weighted by Gasteiger charge is 2.49. The summed E-state index contributed by atoms with van der Waals surface area (Å²) in [5.41, 5.74) is 8.02. The molecule has 0 bridgehead atoms. The number of carbonyl (C=O) groups excluding carboxylic acids is 1. The van der Waals surface area contributed by atoms with Crippen molar-refractivity contribution in [1.29, 1.82) is 0 Å². The highest BCUT2D eigenvalue weighted by molar-refractivity contribution is 7.17. The molecule has 1 saturated carbocycles. The summed E-state index contributed by atoms with van der Waals surface area (Å²) in [5, 5.41) is 14.8. The number of aryl methyl sites for hydroxylation is 1. The van der Waals surface area contributed by atoms with Crippen LogP contribution in [-0.2, 0) is 28.6 Å². The number of nitrogens with zero attached hydrogens (tertiary/aromatic N) is 2. The Labute approximate surface area is 296 Å². The maximum Gasteiger partial charge on any atom is 0.256 e. The van der Waals surface area contributed by atoms with Gasteiger partial charge < -0.3 is 15.0 Å². The normalized spacial score (nSPS) is 16.1. The SMILES string of the molecule is CC(C)(C)c1cccc(-c2cccc([C@@H](O)C(=O)N3CCCc4nc(C5(c6cccc(-c7csc8ccccc78)c6)CC5)[nH]c(=O)c4C3)c2)c1. The molecule has 2 aromatic heterocycles. The topological polar surface area (TPSA) is 86.3 Å². The van der Waals surface area contributed by atoms with Crippen LogP contribution in [0, 0.1) is 0 Å². The Bertz CT molecular complexity index is 2310. The first-order valence-corrected chi connectivity index (χ1v) is 18.4. The molecule has 0 unspecified atom stereocenters. The van der Waals surface area contributed by atoms with Gasteiger partial charge in [-0.2, -0.15) is 0 Å². The van der Waals surface area contributed by atoms with E-state index >= 15 is 0 Å². The molecule has 252 valence electrons. The van der Waals surface area contributed by atoms with Crippen molar-refractivity contribution in [2.45, 2.75) is 69.9 Å². The average molecular weight is 680 g/mol. The predicted molar refractivity (Wildman–Crippen MR) is 201 cm³/mol. The van der Waals surface area contributed by atoms with E-state index in [0.717, 1.165) is 35.2 Å². The van der Waals surface area contributed by atoms with E-state index in [1.807, 2.05) is 24.3 Å². The second-order valence-corrected chi connectivity index (χ2v) is 15.8. The zero-order chi connectivity index (χ0) is 34.6. The van der Waals surface area contributed by atoms with Crippen LogP contribution < -0.4 is 5.56 Å². The quantitative estimate of drug-likeness (QED) is 0.184. The zero-order valence-corrected chi connectivity index (χ0v) is 29.5. The molecule has 0 saturated heterocycles. The third kappa shape index (κ3) is 5.88. The molecule has 6 aromatic rings. The van der Waals surface area contributed by atoms with Crippen LogP contribution in [0.3, 0.4) is 0 Å². The van der Waals surface area contributed by atoms with Crippen molar-refractivity contribution in [2.24, 2.45) is 0 Å². The van der Waals surface area contributed by atoms with Gasteiger partial charge in [-0.05, 0) is 82.0 Å². The van der Waals surface area contributed by atoms with E-state index in [1.54, 1.807) is 22.3 Å². The largest absolute Gasteiger partial charge is 0.378 e. The lowest BCUT2D eigenvalue weighted by molar-refractivity contribution is -0.141. The molecule has 1 fully saturated rings. The number of hydrogen-bond acceptors (Lipinski definition) is 5. The van der Waals surface area contributed by atoms with Crippen LogP contribution in [0.1, 0.15) is 79.9 Å². The number of H-pyrrole nitrogens is 1. The number of aliphatic hydroxyl groups excluding tert-OH is 1. The van der Waals surface area contributed by atoms with Crippen molar-refractivity contribution in [3.63, 3.8) is 0 Å². The van der Waals surface area contributed by atoms with E-state index in [4.69, 9.17) is 4.98 Å². The number of aromatic amines is 1. The van der Waals surface area contributed by atoms with Crippen LogP contribution in [0.15, 0.2) is 107 Å². The minimum atomic E-state index is -1.34. The van der Waals surface area contributed by atoms with Crippen molar-refractivity contribution >= 4 is 27.3 Å². The second kappa shape index (κ2) is 12.5.